The highest BCUT2D eigenvalue weighted by molar-refractivity contribution is 4.90. The fraction of sp³-hybridized carbons (Fsp3) is 0.909. The topological polar surface area (TPSA) is 95.4 Å². The quantitative estimate of drug-likeness (QED) is 0.381. The van der Waals surface area contributed by atoms with E-state index in [4.69, 9.17) is 15.2 Å². The van der Waals surface area contributed by atoms with Gasteiger partial charge in [0, 0.05) is 6.54 Å². The molecule has 0 aromatic carbocycles. The van der Waals surface area contributed by atoms with E-state index in [2.05, 4.69) is 17.2 Å². The van der Waals surface area contributed by atoms with Crippen molar-refractivity contribution in [2.24, 2.45) is 5.73 Å². The van der Waals surface area contributed by atoms with E-state index in [9.17, 15) is 5.11 Å². The number of rotatable bonds is 17. The average molecular weight is 411 g/mol. The van der Waals surface area contributed by atoms with Crippen LogP contribution < -0.4 is 5.73 Å². The molecule has 1 aromatic rings. The normalized spacial score (nSPS) is 21.8. The highest BCUT2D eigenvalue weighted by Gasteiger charge is 2.33. The van der Waals surface area contributed by atoms with Crippen molar-refractivity contribution in [2.75, 3.05) is 13.2 Å². The molecule has 0 saturated carbocycles. The Balaban J connectivity index is 1.41. The molecular weight excluding hydrogens is 368 g/mol. The molecule has 1 aliphatic heterocycles. The molecule has 7 heteroatoms. The van der Waals surface area contributed by atoms with Gasteiger partial charge in [-0.3, -0.25) is 4.68 Å². The molecule has 1 aromatic heterocycles. The Kier molecular flexibility index (Phi) is 12.4. The molecule has 1 saturated heterocycles. The molecule has 1 aliphatic rings. The first kappa shape index (κ1) is 24.3. The van der Waals surface area contributed by atoms with E-state index in [-0.39, 0.29) is 12.1 Å². The molecule has 29 heavy (non-hydrogen) atoms. The van der Waals surface area contributed by atoms with E-state index in [1.807, 2.05) is 10.9 Å². The van der Waals surface area contributed by atoms with Crippen molar-refractivity contribution in [3.63, 3.8) is 0 Å². The van der Waals surface area contributed by atoms with E-state index in [1.54, 1.807) is 0 Å². The molecule has 1 fully saturated rings. The maximum absolute atomic E-state index is 9.84. The number of unbranched alkanes of at least 4 members (excludes halogenated alkanes) is 11. The van der Waals surface area contributed by atoms with Gasteiger partial charge in [0.15, 0.2) is 0 Å². The van der Waals surface area contributed by atoms with Crippen LogP contribution in [0.25, 0.3) is 0 Å². The van der Waals surface area contributed by atoms with Gasteiger partial charge in [-0.1, -0.05) is 82.8 Å². The zero-order valence-electron chi connectivity index (χ0n) is 18.3. The average Bonchev–Trinajstić information content (AvgIpc) is 3.30. The summed E-state index contributed by atoms with van der Waals surface area (Å²) in [6.07, 6.45) is 17.2. The summed E-state index contributed by atoms with van der Waals surface area (Å²) in [6, 6.07) is -0.319. The lowest BCUT2D eigenvalue weighted by atomic mass is 10.1. The molecule has 168 valence electrons. The summed E-state index contributed by atoms with van der Waals surface area (Å²) in [7, 11) is 0. The second-order valence-corrected chi connectivity index (χ2v) is 8.40. The number of aliphatic hydroxyl groups excluding tert-OH is 1. The van der Waals surface area contributed by atoms with Gasteiger partial charge in [-0.05, 0) is 6.42 Å². The molecule has 2 heterocycles. The number of hydrogen-bond acceptors (Lipinski definition) is 6. The molecule has 0 amide bonds. The number of aryl methyl sites for hydroxylation is 1. The Bertz CT molecular complexity index is 526. The summed E-state index contributed by atoms with van der Waals surface area (Å²) >= 11 is 0. The second kappa shape index (κ2) is 14.9. The number of hydrogen-bond donors (Lipinski definition) is 2. The van der Waals surface area contributed by atoms with Crippen molar-refractivity contribution in [3.05, 3.63) is 11.9 Å². The summed E-state index contributed by atoms with van der Waals surface area (Å²) in [5.41, 5.74) is 6.52. The summed E-state index contributed by atoms with van der Waals surface area (Å²) in [6.45, 7) is 4.25. The highest BCUT2D eigenvalue weighted by atomic mass is 16.5. The first-order valence-electron chi connectivity index (χ1n) is 11.7. The zero-order chi connectivity index (χ0) is 20.7. The molecule has 0 aliphatic carbocycles. The van der Waals surface area contributed by atoms with Crippen molar-refractivity contribution in [1.82, 2.24) is 15.0 Å². The van der Waals surface area contributed by atoms with Gasteiger partial charge in [0.1, 0.15) is 11.8 Å². The van der Waals surface area contributed by atoms with E-state index in [1.165, 1.54) is 70.6 Å². The molecular formula is C22H42N4O3. The Morgan fingerprint density at radius 1 is 1.07 bits per heavy atom. The third kappa shape index (κ3) is 10.0. The predicted molar refractivity (Wildman–Crippen MR) is 114 cm³/mol. The third-order valence-electron chi connectivity index (χ3n) is 5.68. The minimum atomic E-state index is -0.656. The Morgan fingerprint density at radius 2 is 1.69 bits per heavy atom. The zero-order valence-corrected chi connectivity index (χ0v) is 18.3. The first-order valence-corrected chi connectivity index (χ1v) is 11.7. The standard InChI is InChI=1S/C22H42N4O3/c1-2-3-4-5-6-7-8-9-10-11-12-13-14-26-15-19(24-25-26)16-28-18-21-22(27)20(23)17-29-21/h15,20-22,27H,2-14,16-18,23H2,1H3/t20-,21-,22-/m0/s1. The largest absolute Gasteiger partial charge is 0.389 e. The van der Waals surface area contributed by atoms with Crippen LogP contribution in [-0.4, -0.2) is 51.6 Å². The van der Waals surface area contributed by atoms with Crippen LogP contribution in [0.15, 0.2) is 6.20 Å². The molecule has 3 N–H and O–H groups in total. The SMILES string of the molecule is CCCCCCCCCCCCCCn1cc(COC[C@@H]2OC[C@H](N)[C@@H]2O)nn1. The van der Waals surface area contributed by atoms with E-state index in [0.717, 1.165) is 18.7 Å². The Labute approximate surface area is 176 Å². The molecule has 0 bridgehead atoms. The van der Waals surface area contributed by atoms with Crippen LogP contribution in [-0.2, 0) is 22.6 Å². The van der Waals surface area contributed by atoms with Crippen LogP contribution in [0.2, 0.25) is 0 Å². The lowest BCUT2D eigenvalue weighted by Crippen LogP contribution is -2.38. The minimum absolute atomic E-state index is 0.319. The molecule has 0 spiro atoms. The van der Waals surface area contributed by atoms with Gasteiger partial charge >= 0.3 is 0 Å². The van der Waals surface area contributed by atoms with Gasteiger partial charge in [-0.25, -0.2) is 0 Å². The number of ether oxygens (including phenoxy) is 2. The van der Waals surface area contributed by atoms with Gasteiger partial charge in [0.05, 0.1) is 38.2 Å². The van der Waals surface area contributed by atoms with E-state index in [0.29, 0.717) is 19.8 Å². The molecule has 2 rings (SSSR count). The van der Waals surface area contributed by atoms with Crippen molar-refractivity contribution < 1.29 is 14.6 Å². The second-order valence-electron chi connectivity index (χ2n) is 8.40. The highest BCUT2D eigenvalue weighted by Crippen LogP contribution is 2.14. The van der Waals surface area contributed by atoms with Crippen LogP contribution in [0, 0.1) is 0 Å². The molecule has 3 atom stereocenters. The third-order valence-corrected chi connectivity index (χ3v) is 5.68. The lowest BCUT2D eigenvalue weighted by Gasteiger charge is -2.14. The van der Waals surface area contributed by atoms with Gasteiger partial charge in [0.25, 0.3) is 0 Å². The summed E-state index contributed by atoms with van der Waals surface area (Å²) in [4.78, 5) is 0. The molecule has 0 radical (unpaired) electrons. The fourth-order valence-corrected chi connectivity index (χ4v) is 3.76. The summed E-state index contributed by atoms with van der Waals surface area (Å²) in [5.74, 6) is 0. The van der Waals surface area contributed by atoms with Crippen LogP contribution in [0.1, 0.15) is 89.7 Å². The van der Waals surface area contributed by atoms with Crippen LogP contribution in [0.5, 0.6) is 0 Å². The van der Waals surface area contributed by atoms with Crippen molar-refractivity contribution in [3.8, 4) is 0 Å². The fourth-order valence-electron chi connectivity index (χ4n) is 3.76. The maximum atomic E-state index is 9.84. The minimum Gasteiger partial charge on any atom is -0.389 e. The number of nitrogens with zero attached hydrogens (tertiary/aromatic N) is 3. The van der Waals surface area contributed by atoms with Crippen molar-refractivity contribution in [2.45, 2.75) is 115 Å². The van der Waals surface area contributed by atoms with Crippen molar-refractivity contribution in [1.29, 1.82) is 0 Å². The van der Waals surface area contributed by atoms with E-state index < -0.39 is 6.10 Å². The maximum Gasteiger partial charge on any atom is 0.108 e. The Morgan fingerprint density at radius 3 is 2.28 bits per heavy atom. The smallest absolute Gasteiger partial charge is 0.108 e. The monoisotopic (exact) mass is 410 g/mol. The first-order chi connectivity index (χ1) is 14.2. The number of aromatic nitrogens is 3. The van der Waals surface area contributed by atoms with Gasteiger partial charge in [-0.2, -0.15) is 0 Å². The van der Waals surface area contributed by atoms with Crippen LogP contribution >= 0.6 is 0 Å². The lowest BCUT2D eigenvalue weighted by molar-refractivity contribution is -0.0299. The Hall–Kier alpha value is -1.02. The summed E-state index contributed by atoms with van der Waals surface area (Å²) in [5, 5.41) is 18.2. The van der Waals surface area contributed by atoms with Crippen molar-refractivity contribution >= 4 is 0 Å². The van der Waals surface area contributed by atoms with Gasteiger partial charge in [0.2, 0.25) is 0 Å². The molecule has 7 nitrogen and oxygen atoms in total. The van der Waals surface area contributed by atoms with Crippen LogP contribution in [0.3, 0.4) is 0 Å². The van der Waals surface area contributed by atoms with Crippen LogP contribution in [0.4, 0.5) is 0 Å². The van der Waals surface area contributed by atoms with Gasteiger partial charge in [-0.15, -0.1) is 5.10 Å². The predicted octanol–water partition coefficient (Wildman–Crippen LogP) is 3.58. The number of aliphatic hydroxyl groups is 1. The number of nitrogens with two attached hydrogens (primary N) is 1. The van der Waals surface area contributed by atoms with E-state index >= 15 is 0 Å². The molecule has 0 unspecified atom stereocenters. The summed E-state index contributed by atoms with van der Waals surface area (Å²) < 4.78 is 12.9. The van der Waals surface area contributed by atoms with Gasteiger partial charge < -0.3 is 20.3 Å².